The minimum atomic E-state index is -0.268. The summed E-state index contributed by atoms with van der Waals surface area (Å²) in [6, 6.07) is 8.92. The Morgan fingerprint density at radius 3 is 2.67 bits per heavy atom. The van der Waals surface area contributed by atoms with Crippen LogP contribution in [0.5, 0.6) is 0 Å². The molecule has 2 aromatic heterocycles. The van der Waals surface area contributed by atoms with E-state index in [0.717, 1.165) is 11.4 Å². The van der Waals surface area contributed by atoms with Gasteiger partial charge in [0.25, 0.3) is 5.91 Å². The maximum Gasteiger partial charge on any atom is 0.275 e. The van der Waals surface area contributed by atoms with E-state index in [9.17, 15) is 4.79 Å². The highest BCUT2D eigenvalue weighted by atomic mass is 16.1. The summed E-state index contributed by atoms with van der Waals surface area (Å²) < 4.78 is 0. The lowest BCUT2D eigenvalue weighted by Crippen LogP contribution is -2.14. The summed E-state index contributed by atoms with van der Waals surface area (Å²) in [5.41, 5.74) is 2.07. The SMILES string of the molecule is CNc1ccc(C(=O)Nc2cccc(C)n2)nc1. The first kappa shape index (κ1) is 12.0. The fourth-order valence-electron chi connectivity index (χ4n) is 1.47. The lowest BCUT2D eigenvalue weighted by Gasteiger charge is -2.05. The summed E-state index contributed by atoms with van der Waals surface area (Å²) >= 11 is 0. The van der Waals surface area contributed by atoms with Gasteiger partial charge in [-0.15, -0.1) is 0 Å². The van der Waals surface area contributed by atoms with E-state index < -0.39 is 0 Å². The second kappa shape index (κ2) is 5.27. The number of nitrogens with one attached hydrogen (secondary N) is 2. The number of hydrogen-bond donors (Lipinski definition) is 2. The molecule has 2 N–H and O–H groups in total. The van der Waals surface area contributed by atoms with Crippen LogP contribution < -0.4 is 10.6 Å². The predicted octanol–water partition coefficient (Wildman–Crippen LogP) is 2.08. The molecule has 2 heterocycles. The van der Waals surface area contributed by atoms with Crippen LogP contribution in [0.15, 0.2) is 36.5 Å². The van der Waals surface area contributed by atoms with Gasteiger partial charge < -0.3 is 10.6 Å². The first-order valence-corrected chi connectivity index (χ1v) is 5.58. The first-order chi connectivity index (χ1) is 8.69. The Hall–Kier alpha value is -2.43. The van der Waals surface area contributed by atoms with Gasteiger partial charge in [0.2, 0.25) is 0 Å². The smallest absolute Gasteiger partial charge is 0.275 e. The second-order valence-electron chi connectivity index (χ2n) is 3.80. The molecular formula is C13H14N4O. The fraction of sp³-hybridized carbons (Fsp3) is 0.154. The van der Waals surface area contributed by atoms with Crippen molar-refractivity contribution in [3.05, 3.63) is 47.9 Å². The van der Waals surface area contributed by atoms with Crippen molar-refractivity contribution in [3.63, 3.8) is 0 Å². The van der Waals surface area contributed by atoms with Gasteiger partial charge in [0.15, 0.2) is 0 Å². The molecule has 0 fully saturated rings. The molecule has 0 unspecified atom stereocenters. The minimum Gasteiger partial charge on any atom is -0.387 e. The van der Waals surface area contributed by atoms with Crippen LogP contribution in [-0.2, 0) is 0 Å². The molecule has 1 amide bonds. The third-order valence-electron chi connectivity index (χ3n) is 2.41. The van der Waals surface area contributed by atoms with Crippen molar-refractivity contribution >= 4 is 17.4 Å². The summed E-state index contributed by atoms with van der Waals surface area (Å²) in [5.74, 6) is 0.259. The number of amides is 1. The van der Waals surface area contributed by atoms with Gasteiger partial charge in [0, 0.05) is 12.7 Å². The highest BCUT2D eigenvalue weighted by molar-refractivity contribution is 6.02. The fourth-order valence-corrected chi connectivity index (χ4v) is 1.47. The van der Waals surface area contributed by atoms with Gasteiger partial charge in [-0.25, -0.2) is 9.97 Å². The van der Waals surface area contributed by atoms with Gasteiger partial charge in [-0.2, -0.15) is 0 Å². The summed E-state index contributed by atoms with van der Waals surface area (Å²) in [5, 5.41) is 5.65. The zero-order valence-electron chi connectivity index (χ0n) is 10.3. The number of hydrogen-bond acceptors (Lipinski definition) is 4. The summed E-state index contributed by atoms with van der Waals surface area (Å²) in [7, 11) is 1.80. The largest absolute Gasteiger partial charge is 0.387 e. The monoisotopic (exact) mass is 242 g/mol. The van der Waals surface area contributed by atoms with Crippen LogP contribution in [-0.4, -0.2) is 22.9 Å². The number of carbonyl (C=O) groups is 1. The van der Waals surface area contributed by atoms with Gasteiger partial charge in [-0.1, -0.05) is 6.07 Å². The number of rotatable bonds is 3. The maximum atomic E-state index is 11.9. The van der Waals surface area contributed by atoms with Crippen LogP contribution in [0, 0.1) is 6.92 Å². The number of anilines is 2. The Labute approximate surface area is 105 Å². The maximum absolute atomic E-state index is 11.9. The Bertz CT molecular complexity index is 551. The van der Waals surface area contributed by atoms with Crippen molar-refractivity contribution < 1.29 is 4.79 Å². The molecule has 0 atom stereocenters. The van der Waals surface area contributed by atoms with E-state index in [2.05, 4.69) is 20.6 Å². The van der Waals surface area contributed by atoms with Crippen LogP contribution in [0.1, 0.15) is 16.2 Å². The standard InChI is InChI=1S/C13H14N4O/c1-9-4-3-5-12(16-9)17-13(18)11-7-6-10(14-2)8-15-11/h3-8,14H,1-2H3,(H,16,17,18). The van der Waals surface area contributed by atoms with Crippen LogP contribution in [0.25, 0.3) is 0 Å². The average molecular weight is 242 g/mol. The summed E-state index contributed by atoms with van der Waals surface area (Å²) in [6.45, 7) is 1.87. The minimum absolute atomic E-state index is 0.268. The number of carbonyl (C=O) groups excluding carboxylic acids is 1. The van der Waals surface area contributed by atoms with Crippen LogP contribution in [0.2, 0.25) is 0 Å². The van der Waals surface area contributed by atoms with Gasteiger partial charge in [-0.3, -0.25) is 4.79 Å². The number of aryl methyl sites for hydroxylation is 1. The van der Waals surface area contributed by atoms with E-state index in [1.165, 1.54) is 0 Å². The topological polar surface area (TPSA) is 66.9 Å². The highest BCUT2D eigenvalue weighted by Crippen LogP contribution is 2.08. The normalized spacial score (nSPS) is 9.89. The molecule has 0 radical (unpaired) electrons. The zero-order chi connectivity index (χ0) is 13.0. The van der Waals surface area contributed by atoms with Crippen LogP contribution in [0.3, 0.4) is 0 Å². The van der Waals surface area contributed by atoms with E-state index in [1.54, 1.807) is 31.4 Å². The molecule has 0 aliphatic rings. The molecule has 5 heteroatoms. The molecule has 0 saturated heterocycles. The van der Waals surface area contributed by atoms with Crippen molar-refractivity contribution in [2.24, 2.45) is 0 Å². The molecule has 2 aromatic rings. The number of nitrogens with zero attached hydrogens (tertiary/aromatic N) is 2. The van der Waals surface area contributed by atoms with E-state index in [4.69, 9.17) is 0 Å². The van der Waals surface area contributed by atoms with Crippen LogP contribution >= 0.6 is 0 Å². The zero-order valence-corrected chi connectivity index (χ0v) is 10.3. The van der Waals surface area contributed by atoms with Gasteiger partial charge >= 0.3 is 0 Å². The third-order valence-corrected chi connectivity index (χ3v) is 2.41. The molecule has 0 saturated carbocycles. The lowest BCUT2D eigenvalue weighted by atomic mass is 10.3. The Morgan fingerprint density at radius 2 is 2.06 bits per heavy atom. The van der Waals surface area contributed by atoms with Gasteiger partial charge in [0.05, 0.1) is 11.9 Å². The highest BCUT2D eigenvalue weighted by Gasteiger charge is 2.07. The first-order valence-electron chi connectivity index (χ1n) is 5.58. The Kier molecular flexibility index (Phi) is 3.52. The third kappa shape index (κ3) is 2.82. The second-order valence-corrected chi connectivity index (χ2v) is 3.80. The van der Waals surface area contributed by atoms with Crippen molar-refractivity contribution in [2.75, 3.05) is 17.7 Å². The van der Waals surface area contributed by atoms with E-state index in [-0.39, 0.29) is 5.91 Å². The molecule has 0 bridgehead atoms. The van der Waals surface area contributed by atoms with E-state index in [1.807, 2.05) is 19.1 Å². The molecule has 18 heavy (non-hydrogen) atoms. The van der Waals surface area contributed by atoms with Gasteiger partial charge in [-0.05, 0) is 31.2 Å². The van der Waals surface area contributed by atoms with E-state index in [0.29, 0.717) is 11.5 Å². The summed E-state index contributed by atoms with van der Waals surface area (Å²) in [4.78, 5) is 20.2. The average Bonchev–Trinajstić information content (AvgIpc) is 2.39. The molecule has 0 aliphatic carbocycles. The van der Waals surface area contributed by atoms with Crippen molar-refractivity contribution in [2.45, 2.75) is 6.92 Å². The van der Waals surface area contributed by atoms with E-state index >= 15 is 0 Å². The molecular weight excluding hydrogens is 228 g/mol. The van der Waals surface area contributed by atoms with Crippen molar-refractivity contribution in [1.29, 1.82) is 0 Å². The summed E-state index contributed by atoms with van der Waals surface area (Å²) in [6.07, 6.45) is 1.61. The predicted molar refractivity (Wildman–Crippen MR) is 70.7 cm³/mol. The van der Waals surface area contributed by atoms with Crippen molar-refractivity contribution in [3.8, 4) is 0 Å². The number of aromatic nitrogens is 2. The molecule has 2 rings (SSSR count). The number of pyridine rings is 2. The molecule has 92 valence electrons. The van der Waals surface area contributed by atoms with Crippen molar-refractivity contribution in [1.82, 2.24) is 9.97 Å². The quantitative estimate of drug-likeness (QED) is 0.864. The lowest BCUT2D eigenvalue weighted by molar-refractivity contribution is 0.102. The molecule has 0 aliphatic heterocycles. The van der Waals surface area contributed by atoms with Gasteiger partial charge in [0.1, 0.15) is 11.5 Å². The molecule has 5 nitrogen and oxygen atoms in total. The Morgan fingerprint density at radius 1 is 1.22 bits per heavy atom. The molecule has 0 aromatic carbocycles. The molecule has 0 spiro atoms. The van der Waals surface area contributed by atoms with Crippen LogP contribution in [0.4, 0.5) is 11.5 Å². The Balaban J connectivity index is 2.11.